The third kappa shape index (κ3) is 9.06. The number of carbonyl (C=O) groups is 2. The highest BCUT2D eigenvalue weighted by Crippen LogP contribution is 2.37. The van der Waals surface area contributed by atoms with Gasteiger partial charge in [0.05, 0.1) is 21.2 Å². The molecule has 13 heteroatoms. The molecule has 0 aliphatic rings. The van der Waals surface area contributed by atoms with Crippen molar-refractivity contribution in [2.75, 3.05) is 10.8 Å². The lowest BCUT2D eigenvalue weighted by Gasteiger charge is -2.34. The zero-order valence-corrected chi connectivity index (χ0v) is 27.7. The summed E-state index contributed by atoms with van der Waals surface area (Å²) in [5.41, 5.74) is -0.540. The summed E-state index contributed by atoms with van der Waals surface area (Å²) in [5.74, 6) is -1.39. The van der Waals surface area contributed by atoms with Crippen molar-refractivity contribution in [2.24, 2.45) is 0 Å². The van der Waals surface area contributed by atoms with E-state index >= 15 is 0 Å². The maximum absolute atomic E-state index is 14.5. The molecule has 4 rings (SSSR count). The van der Waals surface area contributed by atoms with Gasteiger partial charge in [0.1, 0.15) is 12.6 Å². The first-order valence-corrected chi connectivity index (χ1v) is 16.7. The topological polar surface area (TPSA) is 86.8 Å². The van der Waals surface area contributed by atoms with E-state index in [1.54, 1.807) is 74.5 Å². The predicted octanol–water partition coefficient (Wildman–Crippen LogP) is 7.37. The number of carbonyl (C=O) groups excluding carboxylic acids is 2. The summed E-state index contributed by atoms with van der Waals surface area (Å²) in [4.78, 5) is 29.1. The minimum Gasteiger partial charge on any atom is -0.352 e. The van der Waals surface area contributed by atoms with Crippen LogP contribution in [-0.2, 0) is 38.8 Å². The van der Waals surface area contributed by atoms with E-state index in [-0.39, 0.29) is 28.9 Å². The van der Waals surface area contributed by atoms with E-state index in [0.29, 0.717) is 26.5 Å². The molecule has 1 atom stereocenters. The van der Waals surface area contributed by atoms with Gasteiger partial charge in [-0.25, -0.2) is 8.42 Å². The number of benzene rings is 4. The minimum absolute atomic E-state index is 0.0470. The quantitative estimate of drug-likeness (QED) is 0.167. The summed E-state index contributed by atoms with van der Waals surface area (Å²) in [6.45, 7) is 2.31. The lowest BCUT2D eigenvalue weighted by Crippen LogP contribution is -2.54. The Balaban J connectivity index is 1.88. The number of anilines is 1. The van der Waals surface area contributed by atoms with Crippen LogP contribution in [0.2, 0.25) is 10.0 Å². The first-order valence-electron chi connectivity index (χ1n) is 14.5. The lowest BCUT2D eigenvalue weighted by molar-refractivity contribution is -0.140. The highest BCUT2D eigenvalue weighted by molar-refractivity contribution is 7.92. The van der Waals surface area contributed by atoms with Crippen molar-refractivity contribution < 1.29 is 31.2 Å². The molecule has 2 amide bonds. The van der Waals surface area contributed by atoms with Crippen molar-refractivity contribution in [1.29, 1.82) is 0 Å². The number of alkyl halides is 3. The predicted molar refractivity (Wildman–Crippen MR) is 177 cm³/mol. The maximum atomic E-state index is 14.5. The standard InChI is InChI=1S/C34H32Cl2F3N3O4S/c1-23(2)40-33(44)31(19-24-11-5-3-6-12-24)41(21-25-13-9-10-16-28(25)35)32(43)22-42(47(45,46)27-14-7-4-8-15-27)30-20-26(34(37,38)39)17-18-29(30)36/h3-18,20,23,31H,19,21-22H2,1-2H3,(H,40,44). The molecule has 0 spiro atoms. The number of sulfonamides is 1. The van der Waals surface area contributed by atoms with Crippen molar-refractivity contribution in [3.8, 4) is 0 Å². The van der Waals surface area contributed by atoms with E-state index in [1.807, 2.05) is 0 Å². The fourth-order valence-electron chi connectivity index (χ4n) is 4.86. The van der Waals surface area contributed by atoms with Gasteiger partial charge in [-0.1, -0.05) is 89.9 Å². The molecule has 1 unspecified atom stereocenters. The summed E-state index contributed by atoms with van der Waals surface area (Å²) in [6, 6.07) is 23.3. The first kappa shape index (κ1) is 35.8. The summed E-state index contributed by atoms with van der Waals surface area (Å²) >= 11 is 12.8. The molecule has 0 bridgehead atoms. The van der Waals surface area contributed by atoms with E-state index in [9.17, 15) is 31.2 Å². The van der Waals surface area contributed by atoms with Gasteiger partial charge in [0.15, 0.2) is 0 Å². The fraction of sp³-hybridized carbons (Fsp3) is 0.235. The molecule has 4 aromatic rings. The second kappa shape index (κ2) is 15.2. The van der Waals surface area contributed by atoms with Crippen LogP contribution in [0.4, 0.5) is 18.9 Å². The van der Waals surface area contributed by atoms with Crippen LogP contribution in [0.5, 0.6) is 0 Å². The van der Waals surface area contributed by atoms with Gasteiger partial charge >= 0.3 is 6.18 Å². The van der Waals surface area contributed by atoms with Crippen LogP contribution < -0.4 is 9.62 Å². The van der Waals surface area contributed by atoms with Crippen LogP contribution >= 0.6 is 23.2 Å². The molecule has 0 radical (unpaired) electrons. The average molecular weight is 707 g/mol. The zero-order chi connectivity index (χ0) is 34.4. The Kier molecular flexibility index (Phi) is 11.6. The van der Waals surface area contributed by atoms with Crippen molar-refractivity contribution >= 4 is 50.7 Å². The Hall–Kier alpha value is -4.06. The number of hydrogen-bond acceptors (Lipinski definition) is 4. The SMILES string of the molecule is CC(C)NC(=O)C(Cc1ccccc1)N(Cc1ccccc1Cl)C(=O)CN(c1cc(C(F)(F)F)ccc1Cl)S(=O)(=O)c1ccccc1. The summed E-state index contributed by atoms with van der Waals surface area (Å²) in [7, 11) is -4.66. The minimum atomic E-state index is -4.84. The van der Waals surface area contributed by atoms with Gasteiger partial charge in [-0.3, -0.25) is 13.9 Å². The van der Waals surface area contributed by atoms with Crippen molar-refractivity contribution in [2.45, 2.75) is 50.0 Å². The fourth-order valence-corrected chi connectivity index (χ4v) is 6.77. The van der Waals surface area contributed by atoms with Crippen LogP contribution in [0.15, 0.2) is 108 Å². The van der Waals surface area contributed by atoms with E-state index < -0.39 is 51.9 Å². The zero-order valence-electron chi connectivity index (χ0n) is 25.4. The third-order valence-corrected chi connectivity index (χ3v) is 9.62. The second-order valence-electron chi connectivity index (χ2n) is 11.0. The Labute approximate surface area is 282 Å². The number of amides is 2. The van der Waals surface area contributed by atoms with Gasteiger partial charge in [-0.2, -0.15) is 13.2 Å². The number of rotatable bonds is 12. The lowest BCUT2D eigenvalue weighted by atomic mass is 10.0. The van der Waals surface area contributed by atoms with Gasteiger partial charge < -0.3 is 10.2 Å². The van der Waals surface area contributed by atoms with Gasteiger partial charge in [0, 0.05) is 24.0 Å². The number of nitrogens with one attached hydrogen (secondary N) is 1. The molecular weight excluding hydrogens is 674 g/mol. The van der Waals surface area contributed by atoms with Gasteiger partial charge in [-0.15, -0.1) is 0 Å². The highest BCUT2D eigenvalue weighted by Gasteiger charge is 2.37. The number of nitrogens with zero attached hydrogens (tertiary/aromatic N) is 2. The molecular formula is C34H32Cl2F3N3O4S. The van der Waals surface area contributed by atoms with Crippen molar-refractivity contribution in [3.63, 3.8) is 0 Å². The summed E-state index contributed by atoms with van der Waals surface area (Å²) in [5, 5.41) is 2.79. The molecule has 7 nitrogen and oxygen atoms in total. The molecule has 4 aromatic carbocycles. The third-order valence-electron chi connectivity index (χ3n) is 7.15. The molecule has 0 saturated carbocycles. The van der Waals surface area contributed by atoms with Crippen molar-refractivity contribution in [3.05, 3.63) is 130 Å². The molecule has 0 aromatic heterocycles. The van der Waals surface area contributed by atoms with Crippen LogP contribution in [0.3, 0.4) is 0 Å². The van der Waals surface area contributed by atoms with Crippen LogP contribution in [0.1, 0.15) is 30.5 Å². The first-order chi connectivity index (χ1) is 22.2. The summed E-state index contributed by atoms with van der Waals surface area (Å²) < 4.78 is 70.1. The summed E-state index contributed by atoms with van der Waals surface area (Å²) in [6.07, 6.45) is -4.79. The number of hydrogen-bond donors (Lipinski definition) is 1. The maximum Gasteiger partial charge on any atom is 0.416 e. The van der Waals surface area contributed by atoms with E-state index in [0.717, 1.165) is 12.1 Å². The Morgan fingerprint density at radius 3 is 2.02 bits per heavy atom. The monoisotopic (exact) mass is 705 g/mol. The van der Waals surface area contributed by atoms with E-state index in [1.165, 1.54) is 29.2 Å². The molecule has 0 aliphatic carbocycles. The van der Waals surface area contributed by atoms with Crippen LogP contribution in [0.25, 0.3) is 0 Å². The molecule has 0 saturated heterocycles. The van der Waals surface area contributed by atoms with Crippen LogP contribution in [0, 0.1) is 0 Å². The van der Waals surface area contributed by atoms with E-state index in [4.69, 9.17) is 23.2 Å². The van der Waals surface area contributed by atoms with Gasteiger partial charge in [0.2, 0.25) is 11.8 Å². The molecule has 0 heterocycles. The molecule has 1 N–H and O–H groups in total. The molecule has 248 valence electrons. The van der Waals surface area contributed by atoms with Crippen molar-refractivity contribution in [1.82, 2.24) is 10.2 Å². The Bertz CT molecular complexity index is 1810. The van der Waals surface area contributed by atoms with Crippen LogP contribution in [-0.4, -0.2) is 43.8 Å². The van der Waals surface area contributed by atoms with Gasteiger partial charge in [-0.05, 0) is 61.4 Å². The second-order valence-corrected chi connectivity index (χ2v) is 13.6. The normalized spacial score (nSPS) is 12.4. The van der Waals surface area contributed by atoms with E-state index in [2.05, 4.69) is 5.32 Å². The average Bonchev–Trinajstić information content (AvgIpc) is 3.02. The molecule has 0 fully saturated rings. The Morgan fingerprint density at radius 1 is 0.830 bits per heavy atom. The Morgan fingerprint density at radius 2 is 1.43 bits per heavy atom. The smallest absolute Gasteiger partial charge is 0.352 e. The largest absolute Gasteiger partial charge is 0.416 e. The number of halogens is 5. The van der Waals surface area contributed by atoms with Gasteiger partial charge in [0.25, 0.3) is 10.0 Å². The molecule has 0 aliphatic heterocycles. The highest BCUT2D eigenvalue weighted by atomic mass is 35.5. The molecule has 47 heavy (non-hydrogen) atoms.